The molecule has 2 aromatic carbocycles. The van der Waals surface area contributed by atoms with Crippen molar-refractivity contribution >= 4 is 11.8 Å². The summed E-state index contributed by atoms with van der Waals surface area (Å²) in [6, 6.07) is 16.0. The van der Waals surface area contributed by atoms with Crippen molar-refractivity contribution in [3.63, 3.8) is 0 Å². The number of carbonyl (C=O) groups is 2. The van der Waals surface area contributed by atoms with Crippen LogP contribution in [-0.4, -0.2) is 36.4 Å². The predicted molar refractivity (Wildman–Crippen MR) is 123 cm³/mol. The molecule has 1 atom stereocenters. The van der Waals surface area contributed by atoms with Gasteiger partial charge < -0.3 is 15.0 Å². The van der Waals surface area contributed by atoms with Gasteiger partial charge in [0.1, 0.15) is 5.75 Å². The molecule has 0 aliphatic carbocycles. The summed E-state index contributed by atoms with van der Waals surface area (Å²) in [7, 11) is 0. The molecule has 1 aliphatic rings. The van der Waals surface area contributed by atoms with Crippen molar-refractivity contribution in [2.24, 2.45) is 11.8 Å². The number of benzene rings is 2. The van der Waals surface area contributed by atoms with Gasteiger partial charge in [-0.15, -0.1) is 0 Å². The first-order valence-electron chi connectivity index (χ1n) is 11.2. The van der Waals surface area contributed by atoms with Crippen molar-refractivity contribution in [3.05, 3.63) is 65.2 Å². The van der Waals surface area contributed by atoms with Gasteiger partial charge in [0, 0.05) is 19.0 Å². The Labute approximate surface area is 185 Å². The monoisotopic (exact) mass is 422 g/mol. The Morgan fingerprint density at radius 1 is 1.10 bits per heavy atom. The molecule has 0 saturated carbocycles. The van der Waals surface area contributed by atoms with Crippen molar-refractivity contribution in [1.29, 1.82) is 0 Å². The maximum Gasteiger partial charge on any atom is 0.257 e. The summed E-state index contributed by atoms with van der Waals surface area (Å²) in [6.07, 6.45) is 1.76. The molecule has 0 fully saturated rings. The van der Waals surface area contributed by atoms with Crippen molar-refractivity contribution in [2.75, 3.05) is 19.7 Å². The average molecular weight is 423 g/mol. The summed E-state index contributed by atoms with van der Waals surface area (Å²) in [4.78, 5) is 27.1. The second kappa shape index (κ2) is 10.5. The predicted octanol–water partition coefficient (Wildman–Crippen LogP) is 4.36. The molecule has 0 bridgehead atoms. The molecule has 5 nitrogen and oxygen atoms in total. The average Bonchev–Trinajstić information content (AvgIpc) is 2.76. The van der Waals surface area contributed by atoms with Gasteiger partial charge in [-0.1, -0.05) is 64.1 Å². The van der Waals surface area contributed by atoms with Crippen LogP contribution < -0.4 is 10.1 Å². The molecule has 1 heterocycles. The number of amides is 2. The third-order valence-electron chi connectivity index (χ3n) is 5.65. The normalized spacial score (nSPS) is 15.7. The topological polar surface area (TPSA) is 58.6 Å². The van der Waals surface area contributed by atoms with E-state index in [1.807, 2.05) is 49.1 Å². The Morgan fingerprint density at radius 3 is 2.52 bits per heavy atom. The molecule has 3 rings (SSSR count). The molecule has 0 spiro atoms. The minimum Gasteiger partial charge on any atom is -0.484 e. The number of rotatable bonds is 8. The summed E-state index contributed by atoms with van der Waals surface area (Å²) in [6.45, 7) is 9.49. The van der Waals surface area contributed by atoms with Gasteiger partial charge in [-0.25, -0.2) is 0 Å². The SMILES string of the molecule is CC(C)CCNC(=O)COc1ccc2c(c1)C(c1ccccc1)N(C(=O)C(C)C)CC2. The first-order chi connectivity index (χ1) is 14.9. The molecule has 0 aromatic heterocycles. The Balaban J connectivity index is 1.81. The molecule has 1 N–H and O–H groups in total. The number of fused-ring (bicyclic) bond motifs is 1. The van der Waals surface area contributed by atoms with Crippen molar-refractivity contribution < 1.29 is 14.3 Å². The quantitative estimate of drug-likeness (QED) is 0.688. The van der Waals surface area contributed by atoms with Crippen LogP contribution in [0, 0.1) is 11.8 Å². The molecular formula is C26H34N2O3. The van der Waals surface area contributed by atoms with E-state index in [2.05, 4.69) is 37.4 Å². The number of carbonyl (C=O) groups excluding carboxylic acids is 2. The number of ether oxygens (including phenoxy) is 1. The minimum atomic E-state index is -0.150. The smallest absolute Gasteiger partial charge is 0.257 e. The Hall–Kier alpha value is -2.82. The molecule has 0 radical (unpaired) electrons. The maximum absolute atomic E-state index is 13.0. The highest BCUT2D eigenvalue weighted by atomic mass is 16.5. The Morgan fingerprint density at radius 2 is 1.84 bits per heavy atom. The lowest BCUT2D eigenvalue weighted by molar-refractivity contribution is -0.136. The molecule has 5 heteroatoms. The van der Waals surface area contributed by atoms with Crippen molar-refractivity contribution in [2.45, 2.75) is 46.6 Å². The van der Waals surface area contributed by atoms with E-state index in [0.29, 0.717) is 24.8 Å². The third kappa shape index (κ3) is 5.87. The molecule has 2 aromatic rings. The van der Waals surface area contributed by atoms with Gasteiger partial charge in [-0.2, -0.15) is 0 Å². The van der Waals surface area contributed by atoms with Crippen LogP contribution in [0.25, 0.3) is 0 Å². The largest absolute Gasteiger partial charge is 0.484 e. The van der Waals surface area contributed by atoms with Gasteiger partial charge in [0.25, 0.3) is 5.91 Å². The fraction of sp³-hybridized carbons (Fsp3) is 0.462. The molecule has 31 heavy (non-hydrogen) atoms. The van der Waals surface area contributed by atoms with Gasteiger partial charge >= 0.3 is 0 Å². The van der Waals surface area contributed by atoms with E-state index in [0.717, 1.165) is 24.0 Å². The van der Waals surface area contributed by atoms with E-state index in [-0.39, 0.29) is 30.4 Å². The second-order valence-electron chi connectivity index (χ2n) is 8.93. The lowest BCUT2D eigenvalue weighted by Crippen LogP contribution is -2.42. The molecular weight excluding hydrogens is 388 g/mol. The van der Waals surface area contributed by atoms with Crippen LogP contribution in [0.1, 0.15) is 56.8 Å². The first kappa shape index (κ1) is 22.9. The summed E-state index contributed by atoms with van der Waals surface area (Å²) in [5, 5.41) is 2.90. The van der Waals surface area contributed by atoms with E-state index in [4.69, 9.17) is 4.74 Å². The number of nitrogens with one attached hydrogen (secondary N) is 1. The summed E-state index contributed by atoms with van der Waals surface area (Å²) < 4.78 is 5.80. The van der Waals surface area contributed by atoms with Crippen LogP contribution in [0.3, 0.4) is 0 Å². The van der Waals surface area contributed by atoms with Crippen LogP contribution in [0.2, 0.25) is 0 Å². The van der Waals surface area contributed by atoms with Crippen molar-refractivity contribution in [3.8, 4) is 5.75 Å². The second-order valence-corrected chi connectivity index (χ2v) is 8.93. The lowest BCUT2D eigenvalue weighted by atomic mass is 9.87. The van der Waals surface area contributed by atoms with E-state index in [1.165, 1.54) is 5.56 Å². The summed E-state index contributed by atoms with van der Waals surface area (Å²) in [5.74, 6) is 1.16. The number of hydrogen-bond donors (Lipinski definition) is 1. The highest BCUT2D eigenvalue weighted by molar-refractivity contribution is 5.80. The standard InChI is InChI=1S/C26H34N2O3/c1-18(2)12-14-27-24(29)17-31-22-11-10-20-13-15-28(26(30)19(3)4)25(23(20)16-22)21-8-6-5-7-9-21/h5-11,16,18-19,25H,12-15,17H2,1-4H3,(H,27,29). The highest BCUT2D eigenvalue weighted by Gasteiger charge is 2.33. The van der Waals surface area contributed by atoms with Crippen LogP contribution in [0.15, 0.2) is 48.5 Å². The van der Waals surface area contributed by atoms with Gasteiger partial charge in [-0.3, -0.25) is 9.59 Å². The summed E-state index contributed by atoms with van der Waals surface area (Å²) >= 11 is 0. The zero-order valence-electron chi connectivity index (χ0n) is 19.1. The fourth-order valence-electron chi connectivity index (χ4n) is 3.95. The molecule has 1 unspecified atom stereocenters. The molecule has 166 valence electrons. The molecule has 2 amide bonds. The van der Waals surface area contributed by atoms with Crippen LogP contribution in [-0.2, 0) is 16.0 Å². The van der Waals surface area contributed by atoms with Gasteiger partial charge in [0.2, 0.25) is 5.91 Å². The van der Waals surface area contributed by atoms with Crippen LogP contribution in [0.4, 0.5) is 0 Å². The van der Waals surface area contributed by atoms with E-state index in [1.54, 1.807) is 0 Å². The fourth-order valence-corrected chi connectivity index (χ4v) is 3.95. The maximum atomic E-state index is 13.0. The van der Waals surface area contributed by atoms with E-state index < -0.39 is 0 Å². The zero-order valence-corrected chi connectivity index (χ0v) is 19.1. The minimum absolute atomic E-state index is 0.0124. The van der Waals surface area contributed by atoms with Gasteiger partial charge in [0.05, 0.1) is 6.04 Å². The zero-order chi connectivity index (χ0) is 22.4. The Kier molecular flexibility index (Phi) is 7.72. The van der Waals surface area contributed by atoms with Crippen LogP contribution in [0.5, 0.6) is 5.75 Å². The summed E-state index contributed by atoms with van der Waals surface area (Å²) in [5.41, 5.74) is 3.38. The number of hydrogen-bond acceptors (Lipinski definition) is 3. The lowest BCUT2D eigenvalue weighted by Gasteiger charge is -2.39. The van der Waals surface area contributed by atoms with Gasteiger partial charge in [0.15, 0.2) is 6.61 Å². The van der Waals surface area contributed by atoms with Crippen LogP contribution >= 0.6 is 0 Å². The number of nitrogens with zero attached hydrogens (tertiary/aromatic N) is 1. The molecule has 1 aliphatic heterocycles. The third-order valence-corrected chi connectivity index (χ3v) is 5.65. The highest BCUT2D eigenvalue weighted by Crippen LogP contribution is 2.37. The van der Waals surface area contributed by atoms with E-state index >= 15 is 0 Å². The van der Waals surface area contributed by atoms with E-state index in [9.17, 15) is 9.59 Å². The van der Waals surface area contributed by atoms with Gasteiger partial charge in [-0.05, 0) is 47.6 Å². The first-order valence-corrected chi connectivity index (χ1v) is 11.2. The Bertz CT molecular complexity index is 893. The molecule has 0 saturated heterocycles. The van der Waals surface area contributed by atoms with Crippen molar-refractivity contribution in [1.82, 2.24) is 10.2 Å².